The van der Waals surface area contributed by atoms with Gasteiger partial charge >= 0.3 is 7.12 Å². The lowest BCUT2D eigenvalue weighted by Crippen LogP contribution is -2.31. The van der Waals surface area contributed by atoms with Crippen LogP contribution in [0.15, 0.2) is 30.4 Å². The van der Waals surface area contributed by atoms with Gasteiger partial charge in [-0.3, -0.25) is 0 Å². The number of benzene rings is 1. The van der Waals surface area contributed by atoms with Crippen molar-refractivity contribution in [2.24, 2.45) is 0 Å². The van der Waals surface area contributed by atoms with E-state index in [9.17, 15) is 4.39 Å². The van der Waals surface area contributed by atoms with Crippen molar-refractivity contribution in [3.63, 3.8) is 0 Å². The Morgan fingerprint density at radius 1 is 1.47 bits per heavy atom. The Morgan fingerprint density at radius 3 is 2.80 bits per heavy atom. The van der Waals surface area contributed by atoms with Crippen LogP contribution in [-0.2, 0) is 0 Å². The Kier molecular flexibility index (Phi) is 4.33. The minimum absolute atomic E-state index is 0.0273. The van der Waals surface area contributed by atoms with Gasteiger partial charge in [-0.15, -0.1) is 0 Å². The predicted molar refractivity (Wildman–Crippen MR) is 56.5 cm³/mol. The van der Waals surface area contributed by atoms with Crippen LogP contribution in [0.25, 0.3) is 0 Å². The van der Waals surface area contributed by atoms with E-state index in [1.165, 1.54) is 12.1 Å². The normalized spacial score (nSPS) is 10.7. The van der Waals surface area contributed by atoms with Crippen LogP contribution < -0.4 is 10.2 Å². The fourth-order valence-electron chi connectivity index (χ4n) is 1.09. The summed E-state index contributed by atoms with van der Waals surface area (Å²) >= 11 is 0. The van der Waals surface area contributed by atoms with Crippen molar-refractivity contribution >= 4 is 12.6 Å². The summed E-state index contributed by atoms with van der Waals surface area (Å²) in [4.78, 5) is 0. The van der Waals surface area contributed by atoms with Crippen molar-refractivity contribution in [2.45, 2.75) is 6.92 Å². The van der Waals surface area contributed by atoms with E-state index in [0.717, 1.165) is 6.07 Å². The van der Waals surface area contributed by atoms with E-state index >= 15 is 0 Å². The number of hydrogen-bond donors (Lipinski definition) is 2. The van der Waals surface area contributed by atoms with Crippen LogP contribution in [0, 0.1) is 5.82 Å². The molecule has 0 atom stereocenters. The summed E-state index contributed by atoms with van der Waals surface area (Å²) < 4.78 is 18.0. The molecule has 0 aliphatic carbocycles. The second-order valence-electron chi connectivity index (χ2n) is 2.94. The van der Waals surface area contributed by atoms with Gasteiger partial charge in [0, 0.05) is 5.46 Å². The molecule has 80 valence electrons. The Bertz CT molecular complexity index is 353. The minimum Gasteiger partial charge on any atom is -0.490 e. The SMILES string of the molecule is CC=CCOc1ccc(F)cc1B(O)O. The minimum atomic E-state index is -1.73. The van der Waals surface area contributed by atoms with Crippen molar-refractivity contribution in [3.8, 4) is 5.75 Å². The standard InChI is InChI=1S/C10H12BFO3/c1-2-3-6-15-10-5-4-8(12)7-9(10)11(13)14/h2-5,7,13-14H,6H2,1H3. The molecule has 0 aromatic heterocycles. The molecule has 5 heteroatoms. The molecule has 3 nitrogen and oxygen atoms in total. The Balaban J connectivity index is 2.85. The molecular formula is C10H12BFO3. The summed E-state index contributed by atoms with van der Waals surface area (Å²) in [6.07, 6.45) is 3.56. The van der Waals surface area contributed by atoms with Crippen molar-refractivity contribution < 1.29 is 19.2 Å². The summed E-state index contributed by atoms with van der Waals surface area (Å²) in [5.41, 5.74) is 0.0273. The maximum atomic E-state index is 12.8. The molecular weight excluding hydrogens is 198 g/mol. The van der Waals surface area contributed by atoms with Gasteiger partial charge in [0.1, 0.15) is 18.2 Å². The van der Waals surface area contributed by atoms with E-state index < -0.39 is 12.9 Å². The quantitative estimate of drug-likeness (QED) is 0.560. The van der Waals surface area contributed by atoms with Crippen LogP contribution in [0.4, 0.5) is 4.39 Å². The number of allylic oxidation sites excluding steroid dienone is 1. The molecule has 0 aliphatic rings. The molecule has 0 bridgehead atoms. The van der Waals surface area contributed by atoms with Gasteiger partial charge in [0.05, 0.1) is 0 Å². The molecule has 0 heterocycles. The van der Waals surface area contributed by atoms with Crippen LogP contribution in [0.1, 0.15) is 6.92 Å². The molecule has 1 aromatic rings. The zero-order valence-electron chi connectivity index (χ0n) is 8.35. The predicted octanol–water partition coefficient (Wildman–Crippen LogP) is 0.460. The first-order valence-corrected chi connectivity index (χ1v) is 4.54. The van der Waals surface area contributed by atoms with E-state index in [1.54, 1.807) is 12.2 Å². The Labute approximate surface area is 88.0 Å². The summed E-state index contributed by atoms with van der Waals surface area (Å²) in [7, 11) is -1.73. The van der Waals surface area contributed by atoms with Gasteiger partial charge in [-0.1, -0.05) is 12.2 Å². The molecule has 2 N–H and O–H groups in total. The van der Waals surface area contributed by atoms with Crippen LogP contribution in [0.5, 0.6) is 5.75 Å². The lowest BCUT2D eigenvalue weighted by molar-refractivity contribution is 0.360. The third-order valence-corrected chi connectivity index (χ3v) is 1.82. The van der Waals surface area contributed by atoms with Gasteiger partial charge in [0.25, 0.3) is 0 Å². The largest absolute Gasteiger partial charge is 0.492 e. The van der Waals surface area contributed by atoms with Gasteiger partial charge in [0.15, 0.2) is 0 Å². The fraction of sp³-hybridized carbons (Fsp3) is 0.200. The molecule has 1 aromatic carbocycles. The zero-order chi connectivity index (χ0) is 11.3. The van der Waals surface area contributed by atoms with Crippen LogP contribution in [-0.4, -0.2) is 23.8 Å². The van der Waals surface area contributed by atoms with Crippen molar-refractivity contribution in [1.82, 2.24) is 0 Å². The van der Waals surface area contributed by atoms with Crippen LogP contribution >= 0.6 is 0 Å². The first kappa shape index (κ1) is 11.7. The molecule has 0 unspecified atom stereocenters. The summed E-state index contributed by atoms with van der Waals surface area (Å²) in [6.45, 7) is 2.15. The third-order valence-electron chi connectivity index (χ3n) is 1.82. The second kappa shape index (κ2) is 5.53. The van der Waals surface area contributed by atoms with Gasteiger partial charge in [-0.25, -0.2) is 4.39 Å². The molecule has 0 fully saturated rings. The number of rotatable bonds is 4. The average Bonchev–Trinajstić information content (AvgIpc) is 2.20. The molecule has 0 amide bonds. The topological polar surface area (TPSA) is 49.7 Å². The molecule has 0 radical (unpaired) electrons. The molecule has 15 heavy (non-hydrogen) atoms. The molecule has 1 rings (SSSR count). The van der Waals surface area contributed by atoms with Crippen molar-refractivity contribution in [3.05, 3.63) is 36.2 Å². The lowest BCUT2D eigenvalue weighted by Gasteiger charge is -2.09. The third kappa shape index (κ3) is 3.38. The fourth-order valence-corrected chi connectivity index (χ4v) is 1.09. The van der Waals surface area contributed by atoms with Crippen molar-refractivity contribution in [1.29, 1.82) is 0 Å². The highest BCUT2D eigenvalue weighted by atomic mass is 19.1. The number of ether oxygens (including phenoxy) is 1. The van der Waals surface area contributed by atoms with E-state index in [1.807, 2.05) is 6.92 Å². The summed E-state index contributed by atoms with van der Waals surface area (Å²) in [5, 5.41) is 18.0. The molecule has 0 aliphatic heterocycles. The average molecular weight is 210 g/mol. The molecule has 0 saturated heterocycles. The van der Waals surface area contributed by atoms with Crippen LogP contribution in [0.2, 0.25) is 0 Å². The Hall–Kier alpha value is -1.33. The first-order chi connectivity index (χ1) is 7.15. The molecule has 0 saturated carbocycles. The highest BCUT2D eigenvalue weighted by Gasteiger charge is 2.17. The number of hydrogen-bond acceptors (Lipinski definition) is 3. The maximum Gasteiger partial charge on any atom is 0.492 e. The summed E-state index contributed by atoms with van der Waals surface area (Å²) in [5.74, 6) is -0.263. The van der Waals surface area contributed by atoms with Gasteiger partial charge < -0.3 is 14.8 Å². The van der Waals surface area contributed by atoms with Gasteiger partial charge in [0.2, 0.25) is 0 Å². The Morgan fingerprint density at radius 2 is 2.20 bits per heavy atom. The first-order valence-electron chi connectivity index (χ1n) is 4.54. The van der Waals surface area contributed by atoms with Gasteiger partial charge in [-0.2, -0.15) is 0 Å². The van der Waals surface area contributed by atoms with E-state index in [-0.39, 0.29) is 11.2 Å². The monoisotopic (exact) mass is 210 g/mol. The lowest BCUT2D eigenvalue weighted by atomic mass is 9.79. The highest BCUT2D eigenvalue weighted by molar-refractivity contribution is 6.59. The smallest absolute Gasteiger partial charge is 0.490 e. The highest BCUT2D eigenvalue weighted by Crippen LogP contribution is 2.09. The van der Waals surface area contributed by atoms with Crippen molar-refractivity contribution in [2.75, 3.05) is 6.61 Å². The maximum absolute atomic E-state index is 12.8. The van der Waals surface area contributed by atoms with E-state index in [0.29, 0.717) is 6.61 Å². The zero-order valence-corrected chi connectivity index (χ0v) is 8.35. The van der Waals surface area contributed by atoms with Gasteiger partial charge in [-0.05, 0) is 25.1 Å². The molecule has 0 spiro atoms. The second-order valence-corrected chi connectivity index (χ2v) is 2.94. The van der Waals surface area contributed by atoms with E-state index in [2.05, 4.69) is 0 Å². The summed E-state index contributed by atoms with van der Waals surface area (Å²) in [6, 6.07) is 3.61. The van der Waals surface area contributed by atoms with E-state index in [4.69, 9.17) is 14.8 Å². The number of halogens is 1. The van der Waals surface area contributed by atoms with Crippen LogP contribution in [0.3, 0.4) is 0 Å².